The molecule has 1 aliphatic carbocycles. The van der Waals surface area contributed by atoms with Gasteiger partial charge in [0.1, 0.15) is 10.7 Å². The molecule has 1 heterocycles. The summed E-state index contributed by atoms with van der Waals surface area (Å²) in [4.78, 5) is 9.21. The van der Waals surface area contributed by atoms with E-state index < -0.39 is 0 Å². The standard InChI is InChI=1S/C15H24N4S/c1-3-12(11-7-5-4-6-8-11)18-15-17-10(2)9-13(19-15)14(16)20/h9,11-12H,3-8H2,1-2H3,(H2,16,20)(H,17,18,19). The lowest BCUT2D eigenvalue weighted by atomic mass is 9.83. The van der Waals surface area contributed by atoms with E-state index in [0.717, 1.165) is 18.0 Å². The molecule has 1 saturated carbocycles. The van der Waals surface area contributed by atoms with Crippen molar-refractivity contribution in [2.45, 2.75) is 58.4 Å². The summed E-state index contributed by atoms with van der Waals surface area (Å²) < 4.78 is 0. The highest BCUT2D eigenvalue weighted by Crippen LogP contribution is 2.29. The zero-order valence-corrected chi connectivity index (χ0v) is 13.2. The van der Waals surface area contributed by atoms with Crippen molar-refractivity contribution in [1.29, 1.82) is 0 Å². The van der Waals surface area contributed by atoms with Crippen molar-refractivity contribution in [2.75, 3.05) is 5.32 Å². The van der Waals surface area contributed by atoms with Crippen LogP contribution in [0, 0.1) is 12.8 Å². The van der Waals surface area contributed by atoms with E-state index in [1.807, 2.05) is 13.0 Å². The van der Waals surface area contributed by atoms with Crippen molar-refractivity contribution in [1.82, 2.24) is 9.97 Å². The average molecular weight is 292 g/mol. The van der Waals surface area contributed by atoms with Crippen LogP contribution >= 0.6 is 12.2 Å². The van der Waals surface area contributed by atoms with Gasteiger partial charge in [-0.05, 0) is 38.2 Å². The fourth-order valence-electron chi connectivity index (χ4n) is 3.01. The summed E-state index contributed by atoms with van der Waals surface area (Å²) in [5.74, 6) is 1.39. The molecule has 5 heteroatoms. The Bertz CT molecular complexity index is 469. The predicted octanol–water partition coefficient (Wildman–Crippen LogP) is 3.19. The van der Waals surface area contributed by atoms with Gasteiger partial charge >= 0.3 is 0 Å². The monoisotopic (exact) mass is 292 g/mol. The van der Waals surface area contributed by atoms with Crippen LogP contribution in [0.4, 0.5) is 5.95 Å². The number of thiocarbonyl (C=S) groups is 1. The molecule has 4 nitrogen and oxygen atoms in total. The third kappa shape index (κ3) is 3.88. The van der Waals surface area contributed by atoms with Gasteiger partial charge < -0.3 is 11.1 Å². The number of nitrogens with zero attached hydrogens (tertiary/aromatic N) is 2. The topological polar surface area (TPSA) is 63.8 Å². The molecular formula is C15H24N4S. The number of hydrogen-bond acceptors (Lipinski definition) is 4. The molecule has 20 heavy (non-hydrogen) atoms. The average Bonchev–Trinajstić information content (AvgIpc) is 2.45. The second-order valence-electron chi connectivity index (χ2n) is 5.64. The van der Waals surface area contributed by atoms with Crippen molar-refractivity contribution in [2.24, 2.45) is 11.7 Å². The molecule has 1 fully saturated rings. The van der Waals surface area contributed by atoms with Gasteiger partial charge in [-0.25, -0.2) is 9.97 Å². The molecular weight excluding hydrogens is 268 g/mol. The van der Waals surface area contributed by atoms with Gasteiger partial charge in [-0.15, -0.1) is 0 Å². The molecule has 0 saturated heterocycles. The van der Waals surface area contributed by atoms with E-state index in [1.54, 1.807) is 0 Å². The van der Waals surface area contributed by atoms with Crippen molar-refractivity contribution < 1.29 is 0 Å². The minimum atomic E-state index is 0.323. The fourth-order valence-corrected chi connectivity index (χ4v) is 3.12. The van der Waals surface area contributed by atoms with E-state index in [4.69, 9.17) is 18.0 Å². The van der Waals surface area contributed by atoms with Crippen LogP contribution in [0.3, 0.4) is 0 Å². The molecule has 0 spiro atoms. The summed E-state index contributed by atoms with van der Waals surface area (Å²) in [7, 11) is 0. The largest absolute Gasteiger partial charge is 0.388 e. The normalized spacial score (nSPS) is 17.7. The zero-order valence-electron chi connectivity index (χ0n) is 12.4. The Morgan fingerprint density at radius 1 is 1.40 bits per heavy atom. The van der Waals surface area contributed by atoms with E-state index in [9.17, 15) is 0 Å². The van der Waals surface area contributed by atoms with Crippen LogP contribution in [-0.2, 0) is 0 Å². The second-order valence-corrected chi connectivity index (χ2v) is 6.08. The first-order valence-corrected chi connectivity index (χ1v) is 7.93. The van der Waals surface area contributed by atoms with Crippen LogP contribution in [0.2, 0.25) is 0 Å². The summed E-state index contributed by atoms with van der Waals surface area (Å²) in [6, 6.07) is 2.27. The maximum atomic E-state index is 5.67. The summed E-state index contributed by atoms with van der Waals surface area (Å²) >= 11 is 5.01. The number of anilines is 1. The molecule has 0 radical (unpaired) electrons. The van der Waals surface area contributed by atoms with Gasteiger partial charge in [-0.2, -0.15) is 0 Å². The smallest absolute Gasteiger partial charge is 0.223 e. The van der Waals surface area contributed by atoms with Crippen LogP contribution < -0.4 is 11.1 Å². The van der Waals surface area contributed by atoms with Crippen molar-refractivity contribution in [3.63, 3.8) is 0 Å². The Morgan fingerprint density at radius 3 is 2.70 bits per heavy atom. The molecule has 1 aliphatic rings. The Morgan fingerprint density at radius 2 is 2.10 bits per heavy atom. The maximum Gasteiger partial charge on any atom is 0.223 e. The quantitative estimate of drug-likeness (QED) is 0.816. The SMILES string of the molecule is CCC(Nc1nc(C)cc(C(N)=S)n1)C1CCCCC1. The summed E-state index contributed by atoms with van der Waals surface area (Å²) in [5, 5.41) is 3.50. The second kappa shape index (κ2) is 6.97. The number of hydrogen-bond donors (Lipinski definition) is 2. The lowest BCUT2D eigenvalue weighted by molar-refractivity contribution is 0.312. The first kappa shape index (κ1) is 15.2. The van der Waals surface area contributed by atoms with Crippen molar-refractivity contribution in [3.05, 3.63) is 17.5 Å². The summed E-state index contributed by atoms with van der Waals surface area (Å²) in [6.45, 7) is 4.16. The molecule has 1 unspecified atom stereocenters. The van der Waals surface area contributed by atoms with Gasteiger partial charge in [-0.1, -0.05) is 38.4 Å². The van der Waals surface area contributed by atoms with E-state index >= 15 is 0 Å². The van der Waals surface area contributed by atoms with Crippen molar-refractivity contribution in [3.8, 4) is 0 Å². The van der Waals surface area contributed by atoms with E-state index in [2.05, 4.69) is 22.2 Å². The number of nitrogens with one attached hydrogen (secondary N) is 1. The first-order valence-electron chi connectivity index (χ1n) is 7.52. The third-order valence-electron chi connectivity index (χ3n) is 4.08. The molecule has 3 N–H and O–H groups in total. The molecule has 0 amide bonds. The molecule has 110 valence electrons. The Hall–Kier alpha value is -1.23. The summed E-state index contributed by atoms with van der Waals surface area (Å²) in [6.07, 6.45) is 7.76. The minimum Gasteiger partial charge on any atom is -0.388 e. The number of aryl methyl sites for hydroxylation is 1. The van der Waals surface area contributed by atoms with E-state index in [-0.39, 0.29) is 0 Å². The van der Waals surface area contributed by atoms with E-state index in [1.165, 1.54) is 32.1 Å². The fraction of sp³-hybridized carbons (Fsp3) is 0.667. The minimum absolute atomic E-state index is 0.323. The van der Waals surface area contributed by atoms with Crippen LogP contribution in [0.5, 0.6) is 0 Å². The molecule has 1 aromatic rings. The van der Waals surface area contributed by atoms with Gasteiger partial charge in [0.05, 0.1) is 0 Å². The zero-order chi connectivity index (χ0) is 14.5. The van der Waals surface area contributed by atoms with Gasteiger partial charge in [0.2, 0.25) is 5.95 Å². The number of aromatic nitrogens is 2. The maximum absolute atomic E-state index is 5.67. The number of nitrogens with two attached hydrogens (primary N) is 1. The lowest BCUT2D eigenvalue weighted by Gasteiger charge is -2.30. The Balaban J connectivity index is 2.12. The van der Waals surface area contributed by atoms with Crippen molar-refractivity contribution >= 4 is 23.2 Å². The van der Waals surface area contributed by atoms with Gasteiger partial charge in [0.25, 0.3) is 0 Å². The van der Waals surface area contributed by atoms with Crippen LogP contribution in [-0.4, -0.2) is 21.0 Å². The Kier molecular flexibility index (Phi) is 5.29. The highest BCUT2D eigenvalue weighted by Gasteiger charge is 2.23. The summed E-state index contributed by atoms with van der Waals surface area (Å²) in [5.41, 5.74) is 7.21. The first-order chi connectivity index (χ1) is 9.60. The molecule has 0 aromatic carbocycles. The molecule has 0 bridgehead atoms. The highest BCUT2D eigenvalue weighted by molar-refractivity contribution is 7.80. The molecule has 0 aliphatic heterocycles. The van der Waals surface area contributed by atoms with Gasteiger partial charge in [0, 0.05) is 11.7 Å². The molecule has 2 rings (SSSR count). The highest BCUT2D eigenvalue weighted by atomic mass is 32.1. The van der Waals surface area contributed by atoms with Gasteiger partial charge in [-0.3, -0.25) is 0 Å². The van der Waals surface area contributed by atoms with Gasteiger partial charge in [0.15, 0.2) is 0 Å². The third-order valence-corrected chi connectivity index (χ3v) is 4.29. The van der Waals surface area contributed by atoms with Crippen LogP contribution in [0.15, 0.2) is 6.07 Å². The van der Waals surface area contributed by atoms with Crippen LogP contribution in [0.1, 0.15) is 56.8 Å². The van der Waals surface area contributed by atoms with E-state index in [0.29, 0.717) is 22.7 Å². The molecule has 1 atom stereocenters. The Labute approximate surface area is 126 Å². The predicted molar refractivity (Wildman–Crippen MR) is 86.9 cm³/mol. The van der Waals surface area contributed by atoms with Crippen LogP contribution in [0.25, 0.3) is 0 Å². The lowest BCUT2D eigenvalue weighted by Crippen LogP contribution is -2.31. The number of rotatable bonds is 5. The molecule has 1 aromatic heterocycles.